The number of nitrogens with zero attached hydrogens (tertiary/aromatic N) is 2. The average Bonchev–Trinajstić information content (AvgIpc) is 3.29. The van der Waals surface area contributed by atoms with E-state index in [0.29, 0.717) is 40.7 Å². The lowest BCUT2D eigenvalue weighted by atomic mass is 10.0. The van der Waals surface area contributed by atoms with Crippen molar-refractivity contribution < 1.29 is 32.2 Å². The van der Waals surface area contributed by atoms with E-state index in [2.05, 4.69) is 0 Å². The zero-order chi connectivity index (χ0) is 27.8. The first kappa shape index (κ1) is 26.8. The summed E-state index contributed by atoms with van der Waals surface area (Å²) in [5.74, 6) is -0.501. The number of esters is 1. The number of methoxy groups -OCH3 is 1. The molecule has 9 heteroatoms. The molecule has 2 aromatic carbocycles. The number of alkyl halides is 3. The molecule has 0 fully saturated rings. The normalized spacial score (nSPS) is 15.0. The molecule has 4 rings (SSSR count). The van der Waals surface area contributed by atoms with Crippen molar-refractivity contribution in [3.63, 3.8) is 0 Å². The molecule has 0 unspecified atom stereocenters. The van der Waals surface area contributed by atoms with E-state index in [1.165, 1.54) is 40.9 Å². The van der Waals surface area contributed by atoms with Gasteiger partial charge in [0.25, 0.3) is 5.91 Å². The molecule has 198 valence electrons. The lowest BCUT2D eigenvalue weighted by Crippen LogP contribution is -2.24. The van der Waals surface area contributed by atoms with Crippen molar-refractivity contribution in [1.29, 1.82) is 0 Å². The molecule has 1 amide bonds. The number of allylic oxidation sites excluding steroid dienone is 1. The second-order valence-corrected chi connectivity index (χ2v) is 8.75. The summed E-state index contributed by atoms with van der Waals surface area (Å²) < 4.78 is 53.1. The summed E-state index contributed by atoms with van der Waals surface area (Å²) in [6.45, 7) is 7.36. The number of aromatic nitrogens is 1. The van der Waals surface area contributed by atoms with Crippen LogP contribution in [0, 0.1) is 13.8 Å². The maximum Gasteiger partial charge on any atom is 0.418 e. The van der Waals surface area contributed by atoms with Crippen molar-refractivity contribution in [1.82, 2.24) is 4.57 Å². The van der Waals surface area contributed by atoms with Gasteiger partial charge in [0.15, 0.2) is 0 Å². The van der Waals surface area contributed by atoms with Gasteiger partial charge in [-0.1, -0.05) is 12.1 Å². The fraction of sp³-hybridized carbons (Fsp3) is 0.241. The molecule has 1 aromatic heterocycles. The van der Waals surface area contributed by atoms with Crippen LogP contribution < -0.4 is 9.64 Å². The molecule has 0 N–H and O–H groups in total. The topological polar surface area (TPSA) is 60.8 Å². The van der Waals surface area contributed by atoms with Crippen molar-refractivity contribution >= 4 is 23.6 Å². The first-order valence-corrected chi connectivity index (χ1v) is 11.9. The number of hydrogen-bond acceptors (Lipinski definition) is 4. The maximum atomic E-state index is 13.7. The van der Waals surface area contributed by atoms with Crippen LogP contribution in [0.5, 0.6) is 5.75 Å². The molecule has 38 heavy (non-hydrogen) atoms. The number of ether oxygens (including phenoxy) is 2. The zero-order valence-electron chi connectivity index (χ0n) is 21.6. The molecule has 0 atom stereocenters. The minimum Gasteiger partial charge on any atom is -0.494 e. The summed E-state index contributed by atoms with van der Waals surface area (Å²) in [6.07, 6.45) is -3.02. The Labute approximate surface area is 218 Å². The number of hydrogen-bond donors (Lipinski definition) is 0. The quantitative estimate of drug-likeness (QED) is 0.277. The van der Waals surface area contributed by atoms with Crippen molar-refractivity contribution in [2.75, 3.05) is 18.6 Å². The number of amides is 1. The Morgan fingerprint density at radius 3 is 2.29 bits per heavy atom. The third-order valence-electron chi connectivity index (χ3n) is 6.42. The van der Waals surface area contributed by atoms with E-state index in [4.69, 9.17) is 9.47 Å². The minimum absolute atomic E-state index is 0.0201. The first-order valence-electron chi connectivity index (χ1n) is 11.9. The van der Waals surface area contributed by atoms with Gasteiger partial charge in [0.1, 0.15) is 5.75 Å². The lowest BCUT2D eigenvalue weighted by molar-refractivity contribution is -0.137. The highest BCUT2D eigenvalue weighted by Gasteiger charge is 2.38. The van der Waals surface area contributed by atoms with Gasteiger partial charge in [0.2, 0.25) is 0 Å². The van der Waals surface area contributed by atoms with E-state index in [1.54, 1.807) is 51.1 Å². The number of carbonyl (C=O) groups excluding carboxylic acids is 2. The van der Waals surface area contributed by atoms with Crippen LogP contribution in [0.15, 0.2) is 71.4 Å². The van der Waals surface area contributed by atoms with Crippen LogP contribution in [0.25, 0.3) is 11.8 Å². The van der Waals surface area contributed by atoms with Gasteiger partial charge < -0.3 is 14.0 Å². The highest BCUT2D eigenvalue weighted by atomic mass is 19.4. The van der Waals surface area contributed by atoms with Crippen LogP contribution >= 0.6 is 0 Å². The Balaban J connectivity index is 1.83. The largest absolute Gasteiger partial charge is 0.494 e. The molecule has 3 aromatic rings. The van der Waals surface area contributed by atoms with E-state index >= 15 is 0 Å². The second-order valence-electron chi connectivity index (χ2n) is 8.75. The molecule has 1 aliphatic heterocycles. The van der Waals surface area contributed by atoms with Crippen molar-refractivity contribution in [2.24, 2.45) is 0 Å². The predicted octanol–water partition coefficient (Wildman–Crippen LogP) is 6.39. The molecule has 1 aliphatic rings. The summed E-state index contributed by atoms with van der Waals surface area (Å²) in [4.78, 5) is 27.8. The van der Waals surface area contributed by atoms with Gasteiger partial charge in [-0.3, -0.25) is 9.69 Å². The molecule has 2 heterocycles. The molecule has 0 bridgehead atoms. The van der Waals surface area contributed by atoms with Gasteiger partial charge in [-0.2, -0.15) is 13.2 Å². The Kier molecular flexibility index (Phi) is 7.22. The van der Waals surface area contributed by atoms with Gasteiger partial charge in [-0.25, -0.2) is 4.79 Å². The number of rotatable bonds is 6. The fourth-order valence-corrected chi connectivity index (χ4v) is 4.72. The molecule has 0 saturated carbocycles. The SMILES string of the molecule is CCOc1ccc(N2C(=O)/C(=C\c3cc(C)n(-c4ccccc4C(F)(F)F)c3C)C(C(=O)OC)=C2C)cc1. The van der Waals surface area contributed by atoms with Gasteiger partial charge in [0.05, 0.1) is 36.1 Å². The number of anilines is 1. The van der Waals surface area contributed by atoms with Crippen LogP contribution in [0.3, 0.4) is 0 Å². The maximum absolute atomic E-state index is 13.7. The second kappa shape index (κ2) is 10.2. The van der Waals surface area contributed by atoms with Crippen LogP contribution in [0.1, 0.15) is 36.4 Å². The predicted molar refractivity (Wildman–Crippen MR) is 138 cm³/mol. The van der Waals surface area contributed by atoms with Gasteiger partial charge in [-0.05, 0) is 81.8 Å². The van der Waals surface area contributed by atoms with Gasteiger partial charge in [-0.15, -0.1) is 0 Å². The van der Waals surface area contributed by atoms with Crippen molar-refractivity contribution in [3.8, 4) is 11.4 Å². The van der Waals surface area contributed by atoms with Crippen LogP contribution in [-0.4, -0.2) is 30.2 Å². The number of para-hydroxylation sites is 1. The monoisotopic (exact) mass is 524 g/mol. The van der Waals surface area contributed by atoms with Crippen molar-refractivity contribution in [2.45, 2.75) is 33.9 Å². The summed E-state index contributed by atoms with van der Waals surface area (Å²) in [5.41, 5.74) is 1.84. The van der Waals surface area contributed by atoms with Crippen LogP contribution in [0.2, 0.25) is 0 Å². The van der Waals surface area contributed by atoms with Gasteiger partial charge >= 0.3 is 12.1 Å². The molecule has 0 saturated heterocycles. The summed E-state index contributed by atoms with van der Waals surface area (Å²) in [7, 11) is 1.23. The highest BCUT2D eigenvalue weighted by Crippen LogP contribution is 2.38. The van der Waals surface area contributed by atoms with E-state index in [-0.39, 0.29) is 16.8 Å². The van der Waals surface area contributed by atoms with Gasteiger partial charge in [0, 0.05) is 22.8 Å². The summed E-state index contributed by atoms with van der Waals surface area (Å²) in [5, 5.41) is 0. The Hall–Kier alpha value is -4.27. The number of benzene rings is 2. The van der Waals surface area contributed by atoms with Crippen molar-refractivity contribution in [3.05, 3.63) is 94.0 Å². The van der Waals surface area contributed by atoms with E-state index in [0.717, 1.165) is 6.07 Å². The fourth-order valence-electron chi connectivity index (χ4n) is 4.72. The lowest BCUT2D eigenvalue weighted by Gasteiger charge is -2.18. The Morgan fingerprint density at radius 1 is 1.03 bits per heavy atom. The third kappa shape index (κ3) is 4.71. The van der Waals surface area contributed by atoms with E-state index in [9.17, 15) is 22.8 Å². The smallest absolute Gasteiger partial charge is 0.418 e. The molecular weight excluding hydrogens is 497 g/mol. The zero-order valence-corrected chi connectivity index (χ0v) is 21.6. The van der Waals surface area contributed by atoms with E-state index in [1.807, 2.05) is 6.92 Å². The molecule has 6 nitrogen and oxygen atoms in total. The molecular formula is C29H27F3N2O4. The average molecular weight is 525 g/mol. The molecule has 0 spiro atoms. The van der Waals surface area contributed by atoms with Crippen LogP contribution in [0.4, 0.5) is 18.9 Å². The summed E-state index contributed by atoms with van der Waals surface area (Å²) in [6, 6.07) is 13.9. The number of halogens is 3. The standard InChI is InChI=1S/C29H27F3N2O4/c1-6-38-22-13-11-21(12-14-22)34-19(4)26(28(36)37-5)23(27(34)35)16-20-15-17(2)33(18(20)3)25-10-8-7-9-24(25)29(30,31)32/h7-16H,6H2,1-5H3/b23-16-. The number of carbonyl (C=O) groups is 2. The highest BCUT2D eigenvalue weighted by molar-refractivity contribution is 6.23. The number of aryl methyl sites for hydroxylation is 1. The van der Waals surface area contributed by atoms with E-state index < -0.39 is 23.6 Å². The van der Waals surface area contributed by atoms with Crippen LogP contribution in [-0.2, 0) is 20.5 Å². The minimum atomic E-state index is -4.55. The Bertz CT molecular complexity index is 1460. The molecule has 0 radical (unpaired) electrons. The Morgan fingerprint density at radius 2 is 1.68 bits per heavy atom. The first-order chi connectivity index (χ1) is 18.0. The third-order valence-corrected chi connectivity index (χ3v) is 6.42. The molecule has 0 aliphatic carbocycles. The summed E-state index contributed by atoms with van der Waals surface area (Å²) >= 11 is 0.